The van der Waals surface area contributed by atoms with Gasteiger partial charge in [0.1, 0.15) is 0 Å². The maximum absolute atomic E-state index is 10.8. The van der Waals surface area contributed by atoms with Crippen molar-refractivity contribution in [2.24, 2.45) is 5.41 Å². The number of amides is 1. The standard InChI is InChI=1S/C9H17NO2/c1-6-7(9(2,3)4)10-8(11)12-5/h6-7H,1H2,2-5H3,(H,10,11)/t7-/m1/s1. The first-order valence-corrected chi connectivity index (χ1v) is 3.89. The second-order valence-electron chi connectivity index (χ2n) is 3.72. The second-order valence-corrected chi connectivity index (χ2v) is 3.72. The van der Waals surface area contributed by atoms with Gasteiger partial charge < -0.3 is 10.1 Å². The van der Waals surface area contributed by atoms with Gasteiger partial charge in [-0.3, -0.25) is 0 Å². The van der Waals surface area contributed by atoms with Crippen molar-refractivity contribution in [1.82, 2.24) is 5.32 Å². The van der Waals surface area contributed by atoms with Crippen molar-refractivity contribution < 1.29 is 9.53 Å². The first-order valence-electron chi connectivity index (χ1n) is 3.89. The number of ether oxygens (including phenoxy) is 1. The number of alkyl carbamates (subject to hydrolysis) is 1. The quantitative estimate of drug-likeness (QED) is 0.645. The summed E-state index contributed by atoms with van der Waals surface area (Å²) in [6.07, 6.45) is 1.28. The SMILES string of the molecule is C=C[C@@H](NC(=O)OC)C(C)(C)C. The molecule has 0 bridgehead atoms. The molecule has 0 aliphatic carbocycles. The average Bonchev–Trinajstić information content (AvgIpc) is 1.97. The van der Waals surface area contributed by atoms with Gasteiger partial charge in [0.15, 0.2) is 0 Å². The number of hydrogen-bond acceptors (Lipinski definition) is 2. The molecule has 0 aromatic heterocycles. The van der Waals surface area contributed by atoms with Crippen LogP contribution < -0.4 is 5.32 Å². The zero-order valence-electron chi connectivity index (χ0n) is 8.18. The van der Waals surface area contributed by atoms with Gasteiger partial charge in [-0.1, -0.05) is 26.8 Å². The molecule has 0 unspecified atom stereocenters. The number of hydrogen-bond donors (Lipinski definition) is 1. The van der Waals surface area contributed by atoms with Crippen molar-refractivity contribution in [2.75, 3.05) is 7.11 Å². The molecule has 0 fully saturated rings. The van der Waals surface area contributed by atoms with Crippen LogP contribution in [-0.2, 0) is 4.74 Å². The lowest BCUT2D eigenvalue weighted by Crippen LogP contribution is -2.42. The van der Waals surface area contributed by atoms with Crippen LogP contribution in [0.3, 0.4) is 0 Å². The molecule has 3 heteroatoms. The number of carbonyl (C=O) groups excluding carboxylic acids is 1. The van der Waals surface area contributed by atoms with Crippen LogP contribution in [0.2, 0.25) is 0 Å². The van der Waals surface area contributed by atoms with Crippen LogP contribution in [0.4, 0.5) is 4.79 Å². The molecule has 1 amide bonds. The van der Waals surface area contributed by atoms with Crippen LogP contribution >= 0.6 is 0 Å². The van der Waals surface area contributed by atoms with Gasteiger partial charge in [-0.15, -0.1) is 6.58 Å². The molecule has 0 radical (unpaired) electrons. The number of nitrogens with one attached hydrogen (secondary N) is 1. The predicted octanol–water partition coefficient (Wildman–Crippen LogP) is 1.94. The van der Waals surface area contributed by atoms with Crippen molar-refractivity contribution in [2.45, 2.75) is 26.8 Å². The summed E-state index contributed by atoms with van der Waals surface area (Å²) in [5, 5.41) is 2.68. The zero-order chi connectivity index (χ0) is 9.78. The molecule has 1 atom stereocenters. The van der Waals surface area contributed by atoms with Crippen LogP contribution in [-0.4, -0.2) is 19.2 Å². The van der Waals surface area contributed by atoms with Crippen LogP contribution in [0.5, 0.6) is 0 Å². The smallest absolute Gasteiger partial charge is 0.407 e. The lowest BCUT2D eigenvalue weighted by Gasteiger charge is -2.27. The minimum atomic E-state index is -0.421. The molecule has 0 aromatic rings. The van der Waals surface area contributed by atoms with Gasteiger partial charge in [0.05, 0.1) is 13.2 Å². The molecule has 0 aliphatic heterocycles. The molecular weight excluding hydrogens is 154 g/mol. The zero-order valence-corrected chi connectivity index (χ0v) is 8.18. The minimum absolute atomic E-state index is 0.0318. The first kappa shape index (κ1) is 11.0. The van der Waals surface area contributed by atoms with Gasteiger partial charge in [-0.2, -0.15) is 0 Å². The summed E-state index contributed by atoms with van der Waals surface area (Å²) >= 11 is 0. The largest absolute Gasteiger partial charge is 0.453 e. The molecule has 3 nitrogen and oxygen atoms in total. The van der Waals surface area contributed by atoms with E-state index in [-0.39, 0.29) is 11.5 Å². The Hall–Kier alpha value is -0.990. The Balaban J connectivity index is 4.19. The Bertz CT molecular complexity index is 170. The van der Waals surface area contributed by atoms with Gasteiger partial charge in [0.25, 0.3) is 0 Å². The molecule has 0 rings (SSSR count). The molecule has 0 saturated carbocycles. The van der Waals surface area contributed by atoms with E-state index in [0.717, 1.165) is 0 Å². The average molecular weight is 171 g/mol. The highest BCUT2D eigenvalue weighted by atomic mass is 16.5. The predicted molar refractivity (Wildman–Crippen MR) is 49.0 cm³/mol. The highest BCUT2D eigenvalue weighted by Gasteiger charge is 2.23. The topological polar surface area (TPSA) is 38.3 Å². The summed E-state index contributed by atoms with van der Waals surface area (Å²) in [5.41, 5.74) is -0.0318. The van der Waals surface area contributed by atoms with E-state index in [9.17, 15) is 4.79 Å². The molecule has 0 aromatic carbocycles. The van der Waals surface area contributed by atoms with E-state index in [1.807, 2.05) is 20.8 Å². The van der Waals surface area contributed by atoms with Crippen molar-refractivity contribution in [1.29, 1.82) is 0 Å². The summed E-state index contributed by atoms with van der Waals surface area (Å²) in [5.74, 6) is 0. The lowest BCUT2D eigenvalue weighted by molar-refractivity contribution is 0.160. The second kappa shape index (κ2) is 4.14. The summed E-state index contributed by atoms with van der Waals surface area (Å²) < 4.78 is 4.48. The van der Waals surface area contributed by atoms with E-state index < -0.39 is 6.09 Å². The summed E-state index contributed by atoms with van der Waals surface area (Å²) in [7, 11) is 1.35. The number of carbonyl (C=O) groups is 1. The molecule has 70 valence electrons. The maximum atomic E-state index is 10.8. The third-order valence-corrected chi connectivity index (χ3v) is 1.63. The summed E-state index contributed by atoms with van der Waals surface area (Å²) in [6.45, 7) is 9.71. The molecule has 0 heterocycles. The Morgan fingerprint density at radius 2 is 2.08 bits per heavy atom. The van der Waals surface area contributed by atoms with Crippen molar-refractivity contribution in [3.8, 4) is 0 Å². The van der Waals surface area contributed by atoms with E-state index in [2.05, 4.69) is 16.6 Å². The van der Waals surface area contributed by atoms with Gasteiger partial charge in [0.2, 0.25) is 0 Å². The highest BCUT2D eigenvalue weighted by Crippen LogP contribution is 2.19. The van der Waals surface area contributed by atoms with E-state index in [0.29, 0.717) is 0 Å². The number of rotatable bonds is 2. The Kier molecular flexibility index (Phi) is 3.80. The van der Waals surface area contributed by atoms with Crippen LogP contribution in [0.15, 0.2) is 12.7 Å². The van der Waals surface area contributed by atoms with Crippen molar-refractivity contribution in [3.63, 3.8) is 0 Å². The fourth-order valence-corrected chi connectivity index (χ4v) is 0.815. The van der Waals surface area contributed by atoms with E-state index in [4.69, 9.17) is 0 Å². The van der Waals surface area contributed by atoms with Gasteiger partial charge >= 0.3 is 6.09 Å². The Morgan fingerprint density at radius 1 is 1.58 bits per heavy atom. The molecule has 0 aliphatic rings. The van der Waals surface area contributed by atoms with E-state index in [1.165, 1.54) is 7.11 Å². The Morgan fingerprint density at radius 3 is 2.33 bits per heavy atom. The monoisotopic (exact) mass is 171 g/mol. The minimum Gasteiger partial charge on any atom is -0.453 e. The Labute approximate surface area is 73.8 Å². The van der Waals surface area contributed by atoms with Crippen LogP contribution in [0, 0.1) is 5.41 Å². The molecule has 0 spiro atoms. The third-order valence-electron chi connectivity index (χ3n) is 1.63. The van der Waals surface area contributed by atoms with E-state index in [1.54, 1.807) is 6.08 Å². The molecular formula is C9H17NO2. The fourth-order valence-electron chi connectivity index (χ4n) is 0.815. The molecule has 0 saturated heterocycles. The van der Waals surface area contributed by atoms with Crippen molar-refractivity contribution in [3.05, 3.63) is 12.7 Å². The van der Waals surface area contributed by atoms with Gasteiger partial charge in [-0.25, -0.2) is 4.79 Å². The number of methoxy groups -OCH3 is 1. The maximum Gasteiger partial charge on any atom is 0.407 e. The van der Waals surface area contributed by atoms with Gasteiger partial charge in [-0.05, 0) is 5.41 Å². The van der Waals surface area contributed by atoms with Crippen molar-refractivity contribution >= 4 is 6.09 Å². The van der Waals surface area contributed by atoms with Crippen LogP contribution in [0.25, 0.3) is 0 Å². The lowest BCUT2D eigenvalue weighted by atomic mass is 9.87. The normalized spacial score (nSPS) is 13.3. The molecule has 12 heavy (non-hydrogen) atoms. The first-order chi connectivity index (χ1) is 5.41. The molecule has 1 N–H and O–H groups in total. The van der Waals surface area contributed by atoms with E-state index >= 15 is 0 Å². The fraction of sp³-hybridized carbons (Fsp3) is 0.667. The third kappa shape index (κ3) is 3.42. The summed E-state index contributed by atoms with van der Waals surface area (Å²) in [6, 6.07) is -0.0649. The summed E-state index contributed by atoms with van der Waals surface area (Å²) in [4.78, 5) is 10.8. The highest BCUT2D eigenvalue weighted by molar-refractivity contribution is 5.67. The van der Waals surface area contributed by atoms with Crippen LogP contribution in [0.1, 0.15) is 20.8 Å². The van der Waals surface area contributed by atoms with Gasteiger partial charge in [0, 0.05) is 0 Å².